The van der Waals surface area contributed by atoms with E-state index in [0.29, 0.717) is 34.3 Å². The van der Waals surface area contributed by atoms with Gasteiger partial charge in [-0.1, -0.05) is 39.3 Å². The fourth-order valence-corrected chi connectivity index (χ4v) is 8.04. The monoisotopic (exact) mass is 730 g/mol. The number of piperidine rings is 1. The van der Waals surface area contributed by atoms with Crippen molar-refractivity contribution in [2.45, 2.75) is 65.1 Å². The molecule has 0 bridgehead atoms. The zero-order valence-electron chi connectivity index (χ0n) is 29.7. The number of ether oxygens (including phenoxy) is 2. The highest BCUT2D eigenvalue weighted by Crippen LogP contribution is 2.55. The Balaban J connectivity index is 0.932. The number of rotatable bonds is 11. The maximum absolute atomic E-state index is 13.4. The average Bonchev–Trinajstić information content (AvgIpc) is 3.12. The van der Waals surface area contributed by atoms with E-state index in [1.807, 2.05) is 12.1 Å². The molecule has 0 spiro atoms. The number of pyridine rings is 1. The lowest BCUT2D eigenvalue weighted by Gasteiger charge is -2.63. The molecule has 2 aromatic heterocycles. The average molecular weight is 731 g/mol. The van der Waals surface area contributed by atoms with Crippen molar-refractivity contribution in [1.29, 1.82) is 5.26 Å². The normalized spacial score (nSPS) is 22.5. The first kappa shape index (κ1) is 36.8. The van der Waals surface area contributed by atoms with Gasteiger partial charge in [-0.2, -0.15) is 10.4 Å². The van der Waals surface area contributed by atoms with Crippen LogP contribution in [0.1, 0.15) is 68.9 Å². The molecular formula is C37H43ClN8O6. The summed E-state index contributed by atoms with van der Waals surface area (Å²) in [6.45, 7) is 12.8. The third-order valence-electron chi connectivity index (χ3n) is 10.3. The molecule has 1 unspecified atom stereocenters. The summed E-state index contributed by atoms with van der Waals surface area (Å²) in [6, 6.07) is 11.1. The van der Waals surface area contributed by atoms with E-state index in [1.165, 1.54) is 12.3 Å². The van der Waals surface area contributed by atoms with Crippen molar-refractivity contribution in [3.8, 4) is 17.6 Å². The predicted octanol–water partition coefficient (Wildman–Crippen LogP) is 3.34. The lowest BCUT2D eigenvalue weighted by atomic mass is 9.49. The van der Waals surface area contributed by atoms with Gasteiger partial charge in [0, 0.05) is 74.3 Å². The van der Waals surface area contributed by atoms with E-state index in [0.717, 1.165) is 49.6 Å². The molecule has 1 atom stereocenters. The number of piperazine rings is 1. The first-order valence-corrected chi connectivity index (χ1v) is 17.8. The molecule has 2 saturated heterocycles. The van der Waals surface area contributed by atoms with E-state index in [1.54, 1.807) is 24.4 Å². The van der Waals surface area contributed by atoms with Crippen molar-refractivity contribution in [2.24, 2.45) is 10.8 Å². The Kier molecular flexibility index (Phi) is 10.6. The number of anilines is 1. The second-order valence-corrected chi connectivity index (χ2v) is 15.1. The fraction of sp³-hybridized carbons (Fsp3) is 0.486. The molecular weight excluding hydrogens is 688 g/mol. The second kappa shape index (κ2) is 14.9. The number of nitrogens with zero attached hydrogens (tertiary/aromatic N) is 6. The second-order valence-electron chi connectivity index (χ2n) is 14.7. The van der Waals surface area contributed by atoms with Crippen LogP contribution < -0.4 is 30.6 Å². The van der Waals surface area contributed by atoms with E-state index < -0.39 is 17.5 Å². The summed E-state index contributed by atoms with van der Waals surface area (Å²) in [5.74, 6) is 0.673. The van der Waals surface area contributed by atoms with Gasteiger partial charge >= 0.3 is 0 Å². The quantitative estimate of drug-likeness (QED) is 0.219. The molecule has 15 heteroatoms. The van der Waals surface area contributed by atoms with Crippen LogP contribution in [0.15, 0.2) is 53.6 Å². The summed E-state index contributed by atoms with van der Waals surface area (Å²) in [4.78, 5) is 58.5. The van der Waals surface area contributed by atoms with Gasteiger partial charge < -0.3 is 19.7 Å². The van der Waals surface area contributed by atoms with Gasteiger partial charge in [-0.15, -0.1) is 0 Å². The number of nitriles is 1. The van der Waals surface area contributed by atoms with Gasteiger partial charge in [-0.05, 0) is 37.1 Å². The molecule has 0 radical (unpaired) electrons. The largest absolute Gasteiger partial charge is 0.492 e. The topological polar surface area (TPSA) is 172 Å². The minimum atomic E-state index is -0.804. The Morgan fingerprint density at radius 1 is 1.04 bits per heavy atom. The molecule has 14 nitrogen and oxygen atoms in total. The van der Waals surface area contributed by atoms with Crippen molar-refractivity contribution in [3.63, 3.8) is 0 Å². The Morgan fingerprint density at radius 2 is 1.79 bits per heavy atom. The van der Waals surface area contributed by atoms with Gasteiger partial charge in [-0.3, -0.25) is 29.4 Å². The number of carbonyl (C=O) groups excluding carboxylic acids is 3. The van der Waals surface area contributed by atoms with E-state index in [4.69, 9.17) is 21.1 Å². The number of imide groups is 1. The van der Waals surface area contributed by atoms with Crippen molar-refractivity contribution in [1.82, 2.24) is 30.3 Å². The van der Waals surface area contributed by atoms with Crippen molar-refractivity contribution >= 4 is 35.1 Å². The highest BCUT2D eigenvalue weighted by molar-refractivity contribution is 6.31. The highest BCUT2D eigenvalue weighted by atomic mass is 35.5. The molecule has 3 amide bonds. The van der Waals surface area contributed by atoms with Crippen LogP contribution in [0.5, 0.6) is 11.5 Å². The number of carbonyl (C=O) groups is 3. The van der Waals surface area contributed by atoms with Crippen LogP contribution in [0.4, 0.5) is 5.82 Å². The third-order valence-corrected chi connectivity index (χ3v) is 10.6. The molecule has 6 rings (SSSR count). The van der Waals surface area contributed by atoms with Crippen LogP contribution >= 0.6 is 11.6 Å². The number of halogens is 1. The Bertz CT molecular complexity index is 1920. The number of amides is 3. The lowest BCUT2D eigenvalue weighted by molar-refractivity contribution is -0.164. The molecule has 3 aliphatic rings. The zero-order chi connectivity index (χ0) is 37.2. The van der Waals surface area contributed by atoms with Crippen LogP contribution in [0.25, 0.3) is 0 Å². The molecule has 1 saturated carbocycles. The summed E-state index contributed by atoms with van der Waals surface area (Å²) in [7, 11) is 0. The molecule has 274 valence electrons. The van der Waals surface area contributed by atoms with Crippen LogP contribution in [0.3, 0.4) is 0 Å². The van der Waals surface area contributed by atoms with Crippen LogP contribution in [0, 0.1) is 22.2 Å². The van der Waals surface area contributed by atoms with Gasteiger partial charge in [0.25, 0.3) is 17.4 Å². The minimum absolute atomic E-state index is 0.158. The number of hydrogen-bond acceptors (Lipinski definition) is 11. The van der Waals surface area contributed by atoms with E-state index >= 15 is 0 Å². The first-order chi connectivity index (χ1) is 24.8. The maximum atomic E-state index is 13.4. The smallest absolute Gasteiger partial charge is 0.271 e. The predicted molar refractivity (Wildman–Crippen MR) is 192 cm³/mol. The molecule has 3 aromatic rings. The Labute approximate surface area is 307 Å². The Hall–Kier alpha value is -5.00. The third kappa shape index (κ3) is 7.61. The molecule has 4 heterocycles. The number of aromatic nitrogens is 3. The molecule has 52 heavy (non-hydrogen) atoms. The summed E-state index contributed by atoms with van der Waals surface area (Å²) in [5, 5.41) is 19.1. The van der Waals surface area contributed by atoms with Crippen molar-refractivity contribution in [3.05, 3.63) is 75.3 Å². The van der Waals surface area contributed by atoms with E-state index in [-0.39, 0.29) is 47.6 Å². The standard InChI is InChI=1S/C37H43ClN8O6/c1-36(2)34(37(3,4)35(36)52-25-8-6-23(20-39)27(38)18-25)43-32(49)24-7-10-29(40-21-24)45-15-13-44(14-16-45)12-5-17-51-26-19-31(48)46(41-22-26)28-9-11-30(47)42-33(28)50/h6-8,10,18-19,21-22,28,34-35H,5,9,11-17H2,1-4H3,(H,43,49)(H,42,47,50). The lowest BCUT2D eigenvalue weighted by Crippen LogP contribution is -2.74. The maximum Gasteiger partial charge on any atom is 0.271 e. The van der Waals surface area contributed by atoms with E-state index in [2.05, 4.69) is 64.3 Å². The summed E-state index contributed by atoms with van der Waals surface area (Å²) in [5.41, 5.74) is -0.327. The molecule has 2 N–H and O–H groups in total. The molecule has 3 fully saturated rings. The minimum Gasteiger partial charge on any atom is -0.492 e. The van der Waals surface area contributed by atoms with Gasteiger partial charge in [0.2, 0.25) is 5.91 Å². The Morgan fingerprint density at radius 3 is 2.42 bits per heavy atom. The number of hydrogen-bond donors (Lipinski definition) is 2. The van der Waals surface area contributed by atoms with Gasteiger partial charge in [-0.25, -0.2) is 9.67 Å². The van der Waals surface area contributed by atoms with E-state index in [9.17, 15) is 24.4 Å². The molecule has 1 aromatic carbocycles. The molecule has 1 aliphatic carbocycles. The van der Waals surface area contributed by atoms with Crippen LogP contribution in [-0.2, 0) is 9.59 Å². The number of nitrogens with one attached hydrogen (secondary N) is 2. The highest BCUT2D eigenvalue weighted by Gasteiger charge is 2.64. The van der Waals surface area contributed by atoms with Crippen molar-refractivity contribution < 1.29 is 23.9 Å². The van der Waals surface area contributed by atoms with Crippen LogP contribution in [-0.4, -0.2) is 88.9 Å². The molecule has 2 aliphatic heterocycles. The first-order valence-electron chi connectivity index (χ1n) is 17.4. The van der Waals surface area contributed by atoms with Gasteiger partial charge in [0.1, 0.15) is 35.5 Å². The zero-order valence-corrected chi connectivity index (χ0v) is 30.5. The van der Waals surface area contributed by atoms with Gasteiger partial charge in [0.05, 0.1) is 29.0 Å². The SMILES string of the molecule is CC1(C)C(NC(=O)c2ccc(N3CCN(CCCOc4cnn(C5CCC(=O)NC5=O)c(=O)c4)CC3)nc2)C(C)(C)C1Oc1ccc(C#N)c(Cl)c1. The summed E-state index contributed by atoms with van der Waals surface area (Å²) < 4.78 is 13.2. The van der Waals surface area contributed by atoms with Gasteiger partial charge in [0.15, 0.2) is 0 Å². The van der Waals surface area contributed by atoms with Crippen LogP contribution in [0.2, 0.25) is 5.02 Å². The van der Waals surface area contributed by atoms with Crippen molar-refractivity contribution in [2.75, 3.05) is 44.2 Å². The summed E-state index contributed by atoms with van der Waals surface area (Å²) >= 11 is 6.22. The number of benzene rings is 1. The fourth-order valence-electron chi connectivity index (χ4n) is 7.83. The summed E-state index contributed by atoms with van der Waals surface area (Å²) in [6.07, 6.45) is 4.00.